The third-order valence-corrected chi connectivity index (χ3v) is 4.24. The predicted octanol–water partition coefficient (Wildman–Crippen LogP) is 3.40. The van der Waals surface area contributed by atoms with Crippen LogP contribution in [0.3, 0.4) is 0 Å². The van der Waals surface area contributed by atoms with Gasteiger partial charge in [0.05, 0.1) is 13.0 Å². The van der Waals surface area contributed by atoms with Crippen LogP contribution in [0.5, 0.6) is 0 Å². The quantitative estimate of drug-likeness (QED) is 0.909. The first-order chi connectivity index (χ1) is 10.8. The molecule has 1 saturated heterocycles. The lowest BCUT2D eigenvalue weighted by Crippen LogP contribution is -2.43. The van der Waals surface area contributed by atoms with Crippen LogP contribution >= 0.6 is 0 Å². The third-order valence-electron chi connectivity index (χ3n) is 4.24. The van der Waals surface area contributed by atoms with E-state index in [2.05, 4.69) is 26.1 Å². The zero-order valence-electron chi connectivity index (χ0n) is 14.4. The van der Waals surface area contributed by atoms with Gasteiger partial charge in [0.1, 0.15) is 0 Å². The lowest BCUT2D eigenvalue weighted by Gasteiger charge is -2.30. The van der Waals surface area contributed by atoms with E-state index in [1.165, 1.54) is 12.7 Å². The Morgan fingerprint density at radius 2 is 1.87 bits per heavy atom. The second kappa shape index (κ2) is 7.02. The molecule has 1 aromatic rings. The number of hydrogen-bond acceptors (Lipinski definition) is 3. The summed E-state index contributed by atoms with van der Waals surface area (Å²) < 4.78 is 4.74. The summed E-state index contributed by atoms with van der Waals surface area (Å²) in [6, 6.07) is 7.94. The number of benzene rings is 1. The van der Waals surface area contributed by atoms with Gasteiger partial charge in [0.25, 0.3) is 0 Å². The average Bonchev–Trinajstić information content (AvgIpc) is 2.54. The van der Waals surface area contributed by atoms with Crippen LogP contribution in [0.15, 0.2) is 24.3 Å². The van der Waals surface area contributed by atoms with Crippen molar-refractivity contribution in [3.63, 3.8) is 0 Å². The van der Waals surface area contributed by atoms with Crippen LogP contribution in [0, 0.1) is 5.92 Å². The highest BCUT2D eigenvalue weighted by Gasteiger charge is 2.28. The molecule has 0 spiro atoms. The van der Waals surface area contributed by atoms with Crippen molar-refractivity contribution >= 4 is 17.7 Å². The number of carbonyl (C=O) groups excluding carboxylic acids is 2. The Hall–Kier alpha value is -2.04. The number of ether oxygens (including phenoxy) is 1. The molecule has 0 aliphatic carbocycles. The van der Waals surface area contributed by atoms with Gasteiger partial charge >= 0.3 is 6.09 Å². The first kappa shape index (κ1) is 17.3. The zero-order valence-corrected chi connectivity index (χ0v) is 14.4. The largest absolute Gasteiger partial charge is 0.453 e. The normalized spacial score (nSPS) is 18.4. The molecule has 2 rings (SSSR count). The first-order valence-corrected chi connectivity index (χ1v) is 8.05. The molecule has 0 aromatic heterocycles. The van der Waals surface area contributed by atoms with Crippen molar-refractivity contribution in [1.29, 1.82) is 0 Å². The molecule has 0 saturated carbocycles. The number of rotatable bonds is 2. The molecule has 1 aromatic carbocycles. The number of carbonyl (C=O) groups is 2. The van der Waals surface area contributed by atoms with Crippen molar-refractivity contribution in [3.05, 3.63) is 29.8 Å². The number of piperidine rings is 1. The summed E-state index contributed by atoms with van der Waals surface area (Å²) in [6.45, 7) is 7.54. The molecule has 2 amide bonds. The van der Waals surface area contributed by atoms with E-state index < -0.39 is 0 Å². The number of methoxy groups -OCH3 is 1. The van der Waals surface area contributed by atoms with Gasteiger partial charge in [-0.1, -0.05) is 32.9 Å². The molecule has 0 radical (unpaired) electrons. The standard InChI is InChI=1S/C18H26N2O3/c1-18(2,3)14-7-9-15(10-8-14)19-16(21)13-6-5-11-20(12-13)17(22)23-4/h7-10,13H,5-6,11-12H2,1-4H3,(H,19,21). The van der Waals surface area contributed by atoms with Gasteiger partial charge in [-0.3, -0.25) is 4.79 Å². The minimum atomic E-state index is -0.364. The summed E-state index contributed by atoms with van der Waals surface area (Å²) in [5, 5.41) is 2.95. The zero-order chi connectivity index (χ0) is 17.0. The number of hydrogen-bond donors (Lipinski definition) is 1. The van der Waals surface area contributed by atoms with Crippen LogP contribution in [-0.2, 0) is 14.9 Å². The fraction of sp³-hybridized carbons (Fsp3) is 0.556. The molecule has 1 aliphatic heterocycles. The molecule has 1 unspecified atom stereocenters. The summed E-state index contributed by atoms with van der Waals surface area (Å²) in [7, 11) is 1.36. The van der Waals surface area contributed by atoms with E-state index in [1.807, 2.05) is 24.3 Å². The maximum Gasteiger partial charge on any atom is 0.409 e. The van der Waals surface area contributed by atoms with E-state index in [4.69, 9.17) is 4.74 Å². The van der Waals surface area contributed by atoms with Crippen molar-refractivity contribution in [3.8, 4) is 0 Å². The summed E-state index contributed by atoms with van der Waals surface area (Å²) in [4.78, 5) is 25.6. The van der Waals surface area contributed by atoms with Gasteiger partial charge in [-0.2, -0.15) is 0 Å². The Labute approximate surface area is 138 Å². The Kier molecular flexibility index (Phi) is 5.29. The van der Waals surface area contributed by atoms with Gasteiger partial charge in [-0.25, -0.2) is 4.79 Å². The minimum absolute atomic E-state index is 0.0397. The second-order valence-electron chi connectivity index (χ2n) is 7.07. The molecule has 5 nitrogen and oxygen atoms in total. The maximum absolute atomic E-state index is 12.4. The van der Waals surface area contributed by atoms with Gasteiger partial charge in [-0.05, 0) is 36.0 Å². The molecular formula is C18H26N2O3. The minimum Gasteiger partial charge on any atom is -0.453 e. The Morgan fingerprint density at radius 1 is 1.22 bits per heavy atom. The van der Waals surface area contributed by atoms with Crippen LogP contribution in [0.2, 0.25) is 0 Å². The Bertz CT molecular complexity index is 561. The van der Waals surface area contributed by atoms with Crippen molar-refractivity contribution < 1.29 is 14.3 Å². The number of anilines is 1. The first-order valence-electron chi connectivity index (χ1n) is 8.05. The summed E-state index contributed by atoms with van der Waals surface area (Å²) in [6.07, 6.45) is 1.24. The molecular weight excluding hydrogens is 292 g/mol. The highest BCUT2D eigenvalue weighted by Crippen LogP contribution is 2.24. The summed E-state index contributed by atoms with van der Waals surface area (Å²) in [5.74, 6) is -0.229. The third kappa shape index (κ3) is 4.47. The molecule has 1 heterocycles. The highest BCUT2D eigenvalue weighted by molar-refractivity contribution is 5.93. The predicted molar refractivity (Wildman–Crippen MR) is 90.5 cm³/mol. The lowest BCUT2D eigenvalue weighted by molar-refractivity contribution is -0.121. The van der Waals surface area contributed by atoms with E-state index in [1.54, 1.807) is 4.90 Å². The van der Waals surface area contributed by atoms with Crippen LogP contribution < -0.4 is 5.32 Å². The second-order valence-corrected chi connectivity index (χ2v) is 7.07. The number of amides is 2. The van der Waals surface area contributed by atoms with Crippen molar-refractivity contribution in [2.45, 2.75) is 39.0 Å². The molecule has 23 heavy (non-hydrogen) atoms. The van der Waals surface area contributed by atoms with Crippen LogP contribution in [0.25, 0.3) is 0 Å². The van der Waals surface area contributed by atoms with Gasteiger partial charge in [-0.15, -0.1) is 0 Å². The van der Waals surface area contributed by atoms with Gasteiger partial charge in [0.15, 0.2) is 0 Å². The number of nitrogens with one attached hydrogen (secondary N) is 1. The van der Waals surface area contributed by atoms with E-state index >= 15 is 0 Å². The average molecular weight is 318 g/mol. The van der Waals surface area contributed by atoms with Crippen molar-refractivity contribution in [2.24, 2.45) is 5.92 Å². The maximum atomic E-state index is 12.4. The summed E-state index contributed by atoms with van der Waals surface area (Å²) >= 11 is 0. The number of likely N-dealkylation sites (tertiary alicyclic amines) is 1. The summed E-state index contributed by atoms with van der Waals surface area (Å²) in [5.41, 5.74) is 2.11. The molecule has 126 valence electrons. The number of nitrogens with zero attached hydrogens (tertiary/aromatic N) is 1. The van der Waals surface area contributed by atoms with Crippen LogP contribution in [-0.4, -0.2) is 37.1 Å². The van der Waals surface area contributed by atoms with Gasteiger partial charge in [0.2, 0.25) is 5.91 Å². The monoisotopic (exact) mass is 318 g/mol. The Balaban J connectivity index is 1.97. The van der Waals surface area contributed by atoms with E-state index in [9.17, 15) is 9.59 Å². The van der Waals surface area contributed by atoms with E-state index in [-0.39, 0.29) is 23.3 Å². The topological polar surface area (TPSA) is 58.6 Å². The van der Waals surface area contributed by atoms with E-state index in [0.717, 1.165) is 18.5 Å². The molecule has 1 fully saturated rings. The highest BCUT2D eigenvalue weighted by atomic mass is 16.5. The smallest absolute Gasteiger partial charge is 0.409 e. The van der Waals surface area contributed by atoms with Crippen molar-refractivity contribution in [2.75, 3.05) is 25.5 Å². The van der Waals surface area contributed by atoms with Crippen LogP contribution in [0.1, 0.15) is 39.2 Å². The van der Waals surface area contributed by atoms with Crippen LogP contribution in [0.4, 0.5) is 10.5 Å². The molecule has 1 N–H and O–H groups in total. The van der Waals surface area contributed by atoms with Gasteiger partial charge < -0.3 is 15.0 Å². The fourth-order valence-corrected chi connectivity index (χ4v) is 2.78. The van der Waals surface area contributed by atoms with Gasteiger partial charge in [0, 0.05) is 18.8 Å². The Morgan fingerprint density at radius 3 is 2.43 bits per heavy atom. The lowest BCUT2D eigenvalue weighted by atomic mass is 9.87. The molecule has 1 atom stereocenters. The van der Waals surface area contributed by atoms with Crippen molar-refractivity contribution in [1.82, 2.24) is 4.90 Å². The fourth-order valence-electron chi connectivity index (χ4n) is 2.78. The SMILES string of the molecule is COC(=O)N1CCCC(C(=O)Nc2ccc(C(C)(C)C)cc2)C1. The molecule has 5 heteroatoms. The van der Waals surface area contributed by atoms with E-state index in [0.29, 0.717) is 13.1 Å². The molecule has 0 bridgehead atoms. The molecule has 1 aliphatic rings.